The van der Waals surface area contributed by atoms with E-state index in [2.05, 4.69) is 0 Å². The van der Waals surface area contributed by atoms with Crippen LogP contribution in [-0.4, -0.2) is 68.7 Å². The van der Waals surface area contributed by atoms with E-state index in [-0.39, 0.29) is 11.8 Å². The number of alkyl halides is 17. The molecule has 0 aliphatic carbocycles. The Labute approximate surface area is 188 Å². The third-order valence-corrected chi connectivity index (χ3v) is 4.95. The molecule has 0 spiro atoms. The molecule has 1 atom stereocenters. The lowest BCUT2D eigenvalue weighted by Crippen LogP contribution is -2.75. The number of carbonyl (C=O) groups excluding carboxylic acids is 1. The fraction of sp³-hybridized carbons (Fsp3) is 0.933. The van der Waals surface area contributed by atoms with Crippen LogP contribution in [0.5, 0.6) is 0 Å². The van der Waals surface area contributed by atoms with Crippen molar-refractivity contribution in [2.75, 3.05) is 0 Å². The third kappa shape index (κ3) is 5.27. The summed E-state index contributed by atoms with van der Waals surface area (Å²) < 4.78 is 222. The van der Waals surface area contributed by atoms with Gasteiger partial charge < -0.3 is 5.11 Å². The Balaban J connectivity index is 6.56. The van der Waals surface area contributed by atoms with E-state index in [9.17, 15) is 79.4 Å². The molecular formula is C15H13F17O2S. The zero-order valence-corrected chi connectivity index (χ0v) is 17.8. The summed E-state index contributed by atoms with van der Waals surface area (Å²) in [6.07, 6.45) is -14.4. The Morgan fingerprint density at radius 1 is 0.600 bits per heavy atom. The number of carbonyl (C=O) groups is 1. The number of aliphatic hydroxyl groups excluding tert-OH is 1. The fourth-order valence-corrected chi connectivity index (χ4v) is 2.98. The molecule has 0 heterocycles. The maximum atomic E-state index is 13.8. The van der Waals surface area contributed by atoms with Gasteiger partial charge >= 0.3 is 47.6 Å². The van der Waals surface area contributed by atoms with Crippen LogP contribution >= 0.6 is 11.8 Å². The normalized spacial score (nSPS) is 16.9. The Morgan fingerprint density at radius 2 is 0.886 bits per heavy atom. The number of hydrogen-bond acceptors (Lipinski definition) is 3. The molecule has 0 saturated carbocycles. The van der Waals surface area contributed by atoms with Crippen LogP contribution in [0.2, 0.25) is 0 Å². The second-order valence-electron chi connectivity index (χ2n) is 7.87. The van der Waals surface area contributed by atoms with E-state index < -0.39 is 70.0 Å². The monoisotopic (exact) mass is 580 g/mol. The average Bonchev–Trinajstić information content (AvgIpc) is 2.57. The maximum Gasteiger partial charge on any atom is 0.460 e. The van der Waals surface area contributed by atoms with Crippen molar-refractivity contribution in [3.05, 3.63) is 0 Å². The van der Waals surface area contributed by atoms with Crippen LogP contribution in [0.4, 0.5) is 74.6 Å². The van der Waals surface area contributed by atoms with Gasteiger partial charge in [0.2, 0.25) is 0 Å². The summed E-state index contributed by atoms with van der Waals surface area (Å²) in [7, 11) is 0. The second kappa shape index (κ2) is 8.97. The molecule has 0 aliphatic rings. The van der Waals surface area contributed by atoms with E-state index >= 15 is 0 Å². The molecule has 0 fully saturated rings. The zero-order chi connectivity index (χ0) is 29.1. The summed E-state index contributed by atoms with van der Waals surface area (Å²) in [6, 6.07) is 0. The molecule has 2 nitrogen and oxygen atoms in total. The molecule has 0 radical (unpaired) electrons. The zero-order valence-electron chi connectivity index (χ0n) is 17.0. The van der Waals surface area contributed by atoms with Crippen molar-refractivity contribution in [2.24, 2.45) is 0 Å². The van der Waals surface area contributed by atoms with Crippen molar-refractivity contribution in [1.29, 1.82) is 0 Å². The van der Waals surface area contributed by atoms with Crippen molar-refractivity contribution in [2.45, 2.75) is 85.7 Å². The van der Waals surface area contributed by atoms with E-state index in [4.69, 9.17) is 5.11 Å². The Morgan fingerprint density at radius 3 is 1.17 bits per heavy atom. The highest BCUT2D eigenvalue weighted by Crippen LogP contribution is 2.64. The largest absolute Gasteiger partial charge is 0.460 e. The summed E-state index contributed by atoms with van der Waals surface area (Å²) in [6.45, 7) is 3.59. The average molecular weight is 580 g/mol. The van der Waals surface area contributed by atoms with Gasteiger partial charge in [-0.3, -0.25) is 4.79 Å². The lowest BCUT2D eigenvalue weighted by atomic mass is 9.87. The molecule has 0 aromatic rings. The molecule has 1 N–H and O–H groups in total. The van der Waals surface area contributed by atoms with Gasteiger partial charge in [0.15, 0.2) is 5.12 Å². The van der Waals surface area contributed by atoms with E-state index in [1.165, 1.54) is 20.8 Å². The van der Waals surface area contributed by atoms with Crippen molar-refractivity contribution >= 4 is 16.9 Å². The quantitative estimate of drug-likeness (QED) is 0.305. The first kappa shape index (κ1) is 33.8. The van der Waals surface area contributed by atoms with Crippen LogP contribution in [0.3, 0.4) is 0 Å². The summed E-state index contributed by atoms with van der Waals surface area (Å²) in [5.74, 6) is -57.9. The van der Waals surface area contributed by atoms with Gasteiger partial charge in [-0.25, -0.2) is 0 Å². The molecule has 35 heavy (non-hydrogen) atoms. The van der Waals surface area contributed by atoms with E-state index in [1.807, 2.05) is 0 Å². The first-order chi connectivity index (χ1) is 14.8. The smallest absolute Gasteiger partial charge is 0.386 e. The predicted molar refractivity (Wildman–Crippen MR) is 83.7 cm³/mol. The van der Waals surface area contributed by atoms with Gasteiger partial charge in [-0.05, 0) is 0 Å². The summed E-state index contributed by atoms with van der Waals surface area (Å²) in [5, 5.41) is 7.39. The van der Waals surface area contributed by atoms with Crippen LogP contribution in [0.1, 0.15) is 27.2 Å². The molecule has 0 bridgehead atoms. The minimum atomic E-state index is -8.75. The molecule has 0 unspecified atom stereocenters. The first-order valence-electron chi connectivity index (χ1n) is 8.38. The molecule has 0 aromatic heterocycles. The topological polar surface area (TPSA) is 37.3 Å². The predicted octanol–water partition coefficient (Wildman–Crippen LogP) is 6.81. The van der Waals surface area contributed by atoms with Gasteiger partial charge in [0.1, 0.15) is 6.10 Å². The number of hydrogen-bond donors (Lipinski definition) is 1. The molecule has 0 aliphatic heterocycles. The van der Waals surface area contributed by atoms with Crippen LogP contribution in [0.25, 0.3) is 0 Å². The van der Waals surface area contributed by atoms with Crippen molar-refractivity contribution in [1.82, 2.24) is 0 Å². The first-order valence-corrected chi connectivity index (χ1v) is 9.20. The van der Waals surface area contributed by atoms with Gasteiger partial charge in [-0.15, -0.1) is 0 Å². The summed E-state index contributed by atoms with van der Waals surface area (Å²) >= 11 is 0.0156. The van der Waals surface area contributed by atoms with Gasteiger partial charge in [0, 0.05) is 11.2 Å². The van der Waals surface area contributed by atoms with Crippen LogP contribution in [0.15, 0.2) is 0 Å². The minimum absolute atomic E-state index is 0.0156. The lowest BCUT2D eigenvalue weighted by molar-refractivity contribution is -0.464. The molecule has 20 heteroatoms. The van der Waals surface area contributed by atoms with E-state index in [0.717, 1.165) is 0 Å². The Hall–Kier alpha value is -1.21. The molecule has 0 rings (SSSR count). The van der Waals surface area contributed by atoms with Crippen LogP contribution in [0, 0.1) is 0 Å². The standard InChI is InChI=1S/C15H13F17O2S/c1-7(2,3)35-6(34)4-5(33)8(16,17)9(18,19)10(20,21)11(22,23)12(24,25)13(26,27)14(28,29)15(30,31)32/h5,33H,4H2,1-3H3/t5-/m1/s1. The van der Waals surface area contributed by atoms with Crippen LogP contribution in [-0.2, 0) is 4.79 Å². The fourth-order valence-electron chi connectivity index (χ4n) is 2.05. The van der Waals surface area contributed by atoms with E-state index in [0.29, 0.717) is 0 Å². The number of halogens is 17. The van der Waals surface area contributed by atoms with Crippen LogP contribution < -0.4 is 0 Å². The summed E-state index contributed by atoms with van der Waals surface area (Å²) in [5.41, 5.74) is 0. The van der Waals surface area contributed by atoms with E-state index in [1.54, 1.807) is 0 Å². The van der Waals surface area contributed by atoms with Gasteiger partial charge in [0.25, 0.3) is 0 Å². The number of aliphatic hydroxyl groups is 1. The Bertz CT molecular complexity index is 781. The SMILES string of the molecule is CC(C)(C)SC(=O)C[C@@H](O)C(F)(F)C(F)(F)C(F)(F)C(F)(F)C(F)(F)C(F)(F)C(F)(F)C(F)(F)F. The van der Waals surface area contributed by atoms with Gasteiger partial charge in [0.05, 0.1) is 0 Å². The molecular weight excluding hydrogens is 567 g/mol. The third-order valence-electron chi connectivity index (χ3n) is 3.94. The molecule has 0 amide bonds. The van der Waals surface area contributed by atoms with Gasteiger partial charge in [-0.1, -0.05) is 32.5 Å². The summed E-state index contributed by atoms with van der Waals surface area (Å²) in [4.78, 5) is 11.5. The second-order valence-corrected chi connectivity index (χ2v) is 9.76. The lowest BCUT2D eigenvalue weighted by Gasteiger charge is -2.43. The highest BCUT2D eigenvalue weighted by Gasteiger charge is 2.95. The molecule has 0 saturated heterocycles. The van der Waals surface area contributed by atoms with Crippen molar-refractivity contribution in [3.63, 3.8) is 0 Å². The molecule has 0 aromatic carbocycles. The Kier molecular flexibility index (Phi) is 8.66. The van der Waals surface area contributed by atoms with Gasteiger partial charge in [-0.2, -0.15) is 74.6 Å². The number of rotatable bonds is 9. The minimum Gasteiger partial charge on any atom is -0.386 e. The van der Waals surface area contributed by atoms with Crippen molar-refractivity contribution in [3.8, 4) is 0 Å². The highest BCUT2D eigenvalue weighted by atomic mass is 32.2. The highest BCUT2D eigenvalue weighted by molar-refractivity contribution is 8.14. The molecule has 210 valence electrons. The van der Waals surface area contributed by atoms with Crippen molar-refractivity contribution < 1.29 is 84.5 Å². The maximum absolute atomic E-state index is 13.8. The number of thioether (sulfide) groups is 1.